The Morgan fingerprint density at radius 3 is 2.13 bits per heavy atom. The Labute approximate surface area is 324 Å². The SMILES string of the molecule is Cc1cc(CC(OC(=O)N2CCC(N3CCc4ccccc4NC3=O)CC2)C(=O)N2CCN(C3CCS(=O)(=O)CC3)CC2)cc(C)c1OCc1ccccc1. The molecule has 3 saturated heterocycles. The van der Waals surface area contributed by atoms with Crippen LogP contribution in [-0.2, 0) is 38.8 Å². The molecule has 3 aromatic rings. The monoisotopic (exact) mass is 771 g/mol. The summed E-state index contributed by atoms with van der Waals surface area (Å²) < 4.78 is 36.4. The quantitative estimate of drug-likeness (QED) is 0.315. The summed E-state index contributed by atoms with van der Waals surface area (Å²) in [4.78, 5) is 48.9. The first kappa shape index (κ1) is 38.6. The topological polar surface area (TPSA) is 129 Å². The molecule has 7 rings (SSSR count). The minimum atomic E-state index is -2.96. The van der Waals surface area contributed by atoms with Crippen LogP contribution < -0.4 is 10.1 Å². The highest BCUT2D eigenvalue weighted by molar-refractivity contribution is 7.91. The first-order valence-corrected chi connectivity index (χ1v) is 21.5. The van der Waals surface area contributed by atoms with Crippen molar-refractivity contribution in [3.05, 3.63) is 94.5 Å². The van der Waals surface area contributed by atoms with Gasteiger partial charge in [-0.1, -0.05) is 60.7 Å². The number of carbonyl (C=O) groups excluding carboxylic acids is 3. The number of piperazine rings is 1. The number of fused-ring (bicyclic) bond motifs is 1. The lowest BCUT2D eigenvalue weighted by Crippen LogP contribution is -2.56. The second-order valence-electron chi connectivity index (χ2n) is 15.4. The molecular formula is C42H53N5O7S. The van der Waals surface area contributed by atoms with Gasteiger partial charge in [0.1, 0.15) is 22.2 Å². The van der Waals surface area contributed by atoms with E-state index in [9.17, 15) is 22.8 Å². The molecule has 13 heteroatoms. The lowest BCUT2D eigenvalue weighted by Gasteiger charge is -2.41. The molecule has 4 aliphatic heterocycles. The highest BCUT2D eigenvalue weighted by atomic mass is 32.2. The molecule has 1 atom stereocenters. The molecule has 12 nitrogen and oxygen atoms in total. The van der Waals surface area contributed by atoms with E-state index in [4.69, 9.17) is 9.47 Å². The number of ether oxygens (including phenoxy) is 2. The fourth-order valence-electron chi connectivity index (χ4n) is 8.56. The van der Waals surface area contributed by atoms with Crippen LogP contribution in [0.5, 0.6) is 5.75 Å². The van der Waals surface area contributed by atoms with Crippen molar-refractivity contribution >= 4 is 33.6 Å². The fraction of sp³-hybridized carbons (Fsp3) is 0.500. The number of rotatable bonds is 9. The summed E-state index contributed by atoms with van der Waals surface area (Å²) in [7, 11) is -2.96. The minimum Gasteiger partial charge on any atom is -0.488 e. The second-order valence-corrected chi connectivity index (χ2v) is 17.7. The van der Waals surface area contributed by atoms with Crippen molar-refractivity contribution in [2.75, 3.05) is 62.6 Å². The first-order chi connectivity index (χ1) is 26.5. The average Bonchev–Trinajstić information content (AvgIpc) is 3.35. The van der Waals surface area contributed by atoms with Crippen LogP contribution in [0.15, 0.2) is 66.7 Å². The normalized spacial score (nSPS) is 20.3. The van der Waals surface area contributed by atoms with Gasteiger partial charge in [-0.25, -0.2) is 18.0 Å². The lowest BCUT2D eigenvalue weighted by atomic mass is 10.00. The van der Waals surface area contributed by atoms with E-state index >= 15 is 0 Å². The zero-order valence-corrected chi connectivity index (χ0v) is 32.8. The van der Waals surface area contributed by atoms with E-state index in [0.29, 0.717) is 78.1 Å². The molecule has 4 aliphatic rings. The van der Waals surface area contributed by atoms with Crippen LogP contribution in [0.2, 0.25) is 0 Å². The van der Waals surface area contributed by atoms with Crippen molar-refractivity contribution in [2.24, 2.45) is 0 Å². The van der Waals surface area contributed by atoms with Crippen LogP contribution in [0, 0.1) is 13.8 Å². The molecule has 0 saturated carbocycles. The Bertz CT molecular complexity index is 1920. The van der Waals surface area contributed by atoms with E-state index in [1.807, 2.05) is 85.5 Å². The summed E-state index contributed by atoms with van der Waals surface area (Å²) >= 11 is 0. The van der Waals surface area contributed by atoms with Gasteiger partial charge < -0.3 is 29.5 Å². The van der Waals surface area contributed by atoms with Crippen LogP contribution in [0.4, 0.5) is 15.3 Å². The third-order valence-electron chi connectivity index (χ3n) is 11.7. The lowest BCUT2D eigenvalue weighted by molar-refractivity contribution is -0.143. The fourth-order valence-corrected chi connectivity index (χ4v) is 10.0. The zero-order valence-electron chi connectivity index (χ0n) is 32.0. The summed E-state index contributed by atoms with van der Waals surface area (Å²) in [6.45, 7) is 8.11. The number of amides is 4. The van der Waals surface area contributed by atoms with Gasteiger partial charge in [-0.15, -0.1) is 0 Å². The van der Waals surface area contributed by atoms with E-state index in [2.05, 4.69) is 10.2 Å². The molecule has 55 heavy (non-hydrogen) atoms. The molecule has 0 radical (unpaired) electrons. The maximum absolute atomic E-state index is 14.3. The Morgan fingerprint density at radius 2 is 1.44 bits per heavy atom. The number of hydrogen-bond acceptors (Lipinski definition) is 8. The molecule has 0 aliphatic carbocycles. The van der Waals surface area contributed by atoms with Gasteiger partial charge in [-0.3, -0.25) is 9.69 Å². The minimum absolute atomic E-state index is 0.00932. The van der Waals surface area contributed by atoms with Crippen LogP contribution >= 0.6 is 0 Å². The van der Waals surface area contributed by atoms with Gasteiger partial charge in [0.25, 0.3) is 5.91 Å². The van der Waals surface area contributed by atoms with E-state index in [1.54, 1.807) is 9.80 Å². The van der Waals surface area contributed by atoms with Crippen molar-refractivity contribution < 1.29 is 32.3 Å². The molecular weight excluding hydrogens is 719 g/mol. The maximum Gasteiger partial charge on any atom is 0.410 e. The summed E-state index contributed by atoms with van der Waals surface area (Å²) in [6.07, 6.45) is 1.90. The number of aryl methyl sites for hydroxylation is 2. The molecule has 3 aromatic carbocycles. The highest BCUT2D eigenvalue weighted by Gasteiger charge is 2.37. The van der Waals surface area contributed by atoms with Crippen LogP contribution in [-0.4, -0.2) is 122 Å². The molecule has 1 unspecified atom stereocenters. The number of nitrogens with one attached hydrogen (secondary N) is 1. The molecule has 294 valence electrons. The molecule has 0 spiro atoms. The van der Waals surface area contributed by atoms with E-state index in [0.717, 1.165) is 45.7 Å². The summed E-state index contributed by atoms with van der Waals surface area (Å²) in [5, 5.41) is 3.05. The predicted molar refractivity (Wildman–Crippen MR) is 211 cm³/mol. The number of nitrogens with zero attached hydrogens (tertiary/aromatic N) is 4. The van der Waals surface area contributed by atoms with Gasteiger partial charge in [0.05, 0.1) is 11.5 Å². The van der Waals surface area contributed by atoms with Crippen molar-refractivity contribution in [3.8, 4) is 5.75 Å². The van der Waals surface area contributed by atoms with Crippen LogP contribution in [0.25, 0.3) is 0 Å². The van der Waals surface area contributed by atoms with Gasteiger partial charge in [0.15, 0.2) is 6.10 Å². The van der Waals surface area contributed by atoms with Crippen LogP contribution in [0.3, 0.4) is 0 Å². The number of piperidine rings is 1. The molecule has 4 heterocycles. The van der Waals surface area contributed by atoms with Crippen molar-refractivity contribution in [1.29, 1.82) is 0 Å². The molecule has 1 N–H and O–H groups in total. The Morgan fingerprint density at radius 1 is 0.782 bits per heavy atom. The van der Waals surface area contributed by atoms with E-state index in [-0.39, 0.29) is 41.9 Å². The molecule has 3 fully saturated rings. The number of carbonyl (C=O) groups is 3. The van der Waals surface area contributed by atoms with Crippen LogP contribution in [0.1, 0.15) is 53.5 Å². The van der Waals surface area contributed by atoms with Gasteiger partial charge >= 0.3 is 12.1 Å². The largest absolute Gasteiger partial charge is 0.488 e. The summed E-state index contributed by atoms with van der Waals surface area (Å²) in [5.74, 6) is 0.986. The number of sulfone groups is 1. The smallest absolute Gasteiger partial charge is 0.410 e. The second kappa shape index (κ2) is 17.0. The van der Waals surface area contributed by atoms with Crippen molar-refractivity contribution in [1.82, 2.24) is 19.6 Å². The average molecular weight is 772 g/mol. The molecule has 0 aromatic heterocycles. The summed E-state index contributed by atoms with van der Waals surface area (Å²) in [5.41, 5.74) is 5.78. The van der Waals surface area contributed by atoms with Crippen molar-refractivity contribution in [2.45, 2.75) is 77.2 Å². The third-order valence-corrected chi connectivity index (χ3v) is 13.4. The number of likely N-dealkylation sites (tertiary alicyclic amines) is 1. The van der Waals surface area contributed by atoms with E-state index in [1.165, 1.54) is 0 Å². The third kappa shape index (κ3) is 9.44. The summed E-state index contributed by atoms with van der Waals surface area (Å²) in [6, 6.07) is 21.9. The Balaban J connectivity index is 1.01. The number of benzene rings is 3. The first-order valence-electron chi connectivity index (χ1n) is 19.6. The molecule has 0 bridgehead atoms. The zero-order chi connectivity index (χ0) is 38.5. The van der Waals surface area contributed by atoms with Crippen molar-refractivity contribution in [3.63, 3.8) is 0 Å². The van der Waals surface area contributed by atoms with Gasteiger partial charge in [-0.05, 0) is 79.8 Å². The van der Waals surface area contributed by atoms with Gasteiger partial charge in [0, 0.05) is 70.0 Å². The van der Waals surface area contributed by atoms with Gasteiger partial charge in [-0.2, -0.15) is 0 Å². The van der Waals surface area contributed by atoms with Gasteiger partial charge in [0.2, 0.25) is 0 Å². The number of para-hydroxylation sites is 1. The number of anilines is 1. The maximum atomic E-state index is 14.3. The predicted octanol–water partition coefficient (Wildman–Crippen LogP) is 5.21. The standard InChI is InChI=1S/C42H53N5O7S/c1-30-26-33(27-31(2)39(30)53-29-32-8-4-3-5-9-32)28-38(40(48)45-22-20-44(21-23-45)35-15-24-55(51,52)25-16-35)54-42(50)46-17-13-36(14-18-46)47-19-12-34-10-6-7-11-37(34)43-41(47)49/h3-11,26-27,35-36,38H,12-25,28-29H2,1-2H3,(H,43,49). The number of hydrogen-bond donors (Lipinski definition) is 1. The highest BCUT2D eigenvalue weighted by Crippen LogP contribution is 2.29. The molecule has 4 amide bonds. The van der Waals surface area contributed by atoms with E-state index < -0.39 is 22.0 Å². The number of urea groups is 1. The Kier molecular flexibility index (Phi) is 12.0. The Hall–Kier alpha value is -4.62.